The molecule has 3 rings (SSSR count). The number of hydrogen-bond acceptors (Lipinski definition) is 5. The van der Waals surface area contributed by atoms with E-state index < -0.39 is 0 Å². The van der Waals surface area contributed by atoms with E-state index in [2.05, 4.69) is 23.7 Å². The lowest BCUT2D eigenvalue weighted by atomic mass is 9.96. The minimum atomic E-state index is -0.262. The van der Waals surface area contributed by atoms with Crippen molar-refractivity contribution in [2.24, 2.45) is 0 Å². The molecule has 1 aromatic rings. The highest BCUT2D eigenvalue weighted by molar-refractivity contribution is 5.89. The molecule has 1 saturated carbocycles. The van der Waals surface area contributed by atoms with Gasteiger partial charge in [0, 0.05) is 19.3 Å². The van der Waals surface area contributed by atoms with E-state index >= 15 is 0 Å². The summed E-state index contributed by atoms with van der Waals surface area (Å²) in [5.41, 5.74) is 0.528. The fourth-order valence-electron chi connectivity index (χ4n) is 2.77. The van der Waals surface area contributed by atoms with Crippen molar-refractivity contribution in [2.45, 2.75) is 51.4 Å². The van der Waals surface area contributed by atoms with Crippen molar-refractivity contribution < 1.29 is 14.3 Å². The lowest BCUT2D eigenvalue weighted by Gasteiger charge is -2.36. The zero-order chi connectivity index (χ0) is 14.8. The molecule has 1 aliphatic heterocycles. The second-order valence-electron chi connectivity index (χ2n) is 6.03. The Morgan fingerprint density at radius 1 is 1.29 bits per heavy atom. The first-order valence-electron chi connectivity index (χ1n) is 7.69. The van der Waals surface area contributed by atoms with Crippen LogP contribution in [-0.2, 0) is 9.47 Å². The molecule has 2 heterocycles. The van der Waals surface area contributed by atoms with E-state index in [0.29, 0.717) is 5.56 Å². The molecule has 0 aromatic carbocycles. The fourth-order valence-corrected chi connectivity index (χ4v) is 2.77. The highest BCUT2D eigenvalue weighted by atomic mass is 16.5. The largest absolute Gasteiger partial charge is 0.459 e. The molecule has 0 unspecified atom stereocenters. The molecule has 1 aliphatic carbocycles. The molecule has 2 fully saturated rings. The monoisotopic (exact) mass is 290 g/mol. The number of morpholine rings is 1. The maximum Gasteiger partial charge on any atom is 0.339 e. The number of hydrogen-bond donors (Lipinski definition) is 0. The summed E-state index contributed by atoms with van der Waals surface area (Å²) in [6, 6.07) is 3.69. The molecule has 114 valence electrons. The zero-order valence-corrected chi connectivity index (χ0v) is 12.6. The third-order valence-electron chi connectivity index (χ3n) is 4.05. The first-order chi connectivity index (χ1) is 10.1. The van der Waals surface area contributed by atoms with Crippen LogP contribution in [0.3, 0.4) is 0 Å². The van der Waals surface area contributed by atoms with E-state index in [-0.39, 0.29) is 24.3 Å². The van der Waals surface area contributed by atoms with Gasteiger partial charge < -0.3 is 14.4 Å². The molecule has 0 radical (unpaired) electrons. The number of ether oxygens (including phenoxy) is 2. The quantitative estimate of drug-likeness (QED) is 0.800. The first kappa shape index (κ1) is 14.3. The Kier molecular flexibility index (Phi) is 4.10. The summed E-state index contributed by atoms with van der Waals surface area (Å²) in [6.45, 7) is 5.77. The number of nitrogens with zero attached hydrogens (tertiary/aromatic N) is 2. The third kappa shape index (κ3) is 3.35. The number of carbonyl (C=O) groups is 1. The molecule has 2 atom stereocenters. The van der Waals surface area contributed by atoms with E-state index in [1.54, 1.807) is 12.3 Å². The van der Waals surface area contributed by atoms with Gasteiger partial charge >= 0.3 is 5.97 Å². The van der Waals surface area contributed by atoms with Gasteiger partial charge in [0.15, 0.2) is 0 Å². The molecule has 2 aliphatic rings. The van der Waals surface area contributed by atoms with Gasteiger partial charge in [-0.2, -0.15) is 0 Å². The lowest BCUT2D eigenvalue weighted by Crippen LogP contribution is -2.45. The van der Waals surface area contributed by atoms with Crippen LogP contribution in [0.25, 0.3) is 0 Å². The van der Waals surface area contributed by atoms with Gasteiger partial charge in [-0.05, 0) is 45.2 Å². The van der Waals surface area contributed by atoms with Crippen LogP contribution in [-0.4, -0.2) is 42.4 Å². The van der Waals surface area contributed by atoms with Crippen molar-refractivity contribution in [1.82, 2.24) is 4.98 Å². The zero-order valence-electron chi connectivity index (χ0n) is 12.6. The summed E-state index contributed by atoms with van der Waals surface area (Å²) in [5.74, 6) is 0.625. The molecule has 0 amide bonds. The van der Waals surface area contributed by atoms with Gasteiger partial charge in [0.1, 0.15) is 11.9 Å². The molecule has 0 bridgehead atoms. The molecule has 1 saturated heterocycles. The Labute approximate surface area is 125 Å². The average Bonchev–Trinajstić information content (AvgIpc) is 2.42. The van der Waals surface area contributed by atoms with E-state index in [1.807, 2.05) is 6.07 Å². The Morgan fingerprint density at radius 2 is 2.00 bits per heavy atom. The number of rotatable bonds is 3. The van der Waals surface area contributed by atoms with Crippen LogP contribution in [0.5, 0.6) is 0 Å². The van der Waals surface area contributed by atoms with Crippen molar-refractivity contribution >= 4 is 11.8 Å². The highest BCUT2D eigenvalue weighted by Crippen LogP contribution is 2.23. The van der Waals surface area contributed by atoms with Crippen molar-refractivity contribution in [3.63, 3.8) is 0 Å². The van der Waals surface area contributed by atoms with Gasteiger partial charge in [0.05, 0.1) is 17.8 Å². The summed E-state index contributed by atoms with van der Waals surface area (Å²) in [7, 11) is 0. The van der Waals surface area contributed by atoms with Gasteiger partial charge in [-0.3, -0.25) is 0 Å². The SMILES string of the molecule is C[C@@H]1CN(c2ccc(C(=O)OC3CCC3)cn2)C[C@@H](C)O1. The Balaban J connectivity index is 1.64. The number of carbonyl (C=O) groups excluding carboxylic acids is 1. The van der Waals surface area contributed by atoms with Crippen LogP contribution in [0.4, 0.5) is 5.82 Å². The minimum Gasteiger partial charge on any atom is -0.459 e. The molecular formula is C16H22N2O3. The maximum absolute atomic E-state index is 11.9. The molecule has 0 spiro atoms. The summed E-state index contributed by atoms with van der Waals surface area (Å²) in [6.07, 6.45) is 5.24. The second-order valence-corrected chi connectivity index (χ2v) is 6.03. The molecule has 1 aromatic heterocycles. The summed E-state index contributed by atoms with van der Waals surface area (Å²) < 4.78 is 11.1. The number of anilines is 1. The topological polar surface area (TPSA) is 51.7 Å². The van der Waals surface area contributed by atoms with E-state index in [0.717, 1.165) is 38.2 Å². The molecular weight excluding hydrogens is 268 g/mol. The number of esters is 1. The predicted octanol–water partition coefficient (Wildman–Crippen LogP) is 2.40. The lowest BCUT2D eigenvalue weighted by molar-refractivity contribution is -0.00551. The van der Waals surface area contributed by atoms with E-state index in [4.69, 9.17) is 9.47 Å². The second kappa shape index (κ2) is 6.02. The van der Waals surface area contributed by atoms with Crippen molar-refractivity contribution in [3.05, 3.63) is 23.9 Å². The average molecular weight is 290 g/mol. The third-order valence-corrected chi connectivity index (χ3v) is 4.05. The van der Waals surface area contributed by atoms with Crippen molar-refractivity contribution in [2.75, 3.05) is 18.0 Å². The summed E-state index contributed by atoms with van der Waals surface area (Å²) in [4.78, 5) is 18.6. The van der Waals surface area contributed by atoms with Gasteiger partial charge in [-0.1, -0.05) is 0 Å². The van der Waals surface area contributed by atoms with Crippen LogP contribution >= 0.6 is 0 Å². The maximum atomic E-state index is 11.9. The fraction of sp³-hybridized carbons (Fsp3) is 0.625. The number of pyridine rings is 1. The smallest absolute Gasteiger partial charge is 0.339 e. The van der Waals surface area contributed by atoms with Crippen LogP contribution < -0.4 is 4.90 Å². The first-order valence-corrected chi connectivity index (χ1v) is 7.69. The Hall–Kier alpha value is -1.62. The van der Waals surface area contributed by atoms with Crippen LogP contribution in [0, 0.1) is 0 Å². The van der Waals surface area contributed by atoms with Gasteiger partial charge in [-0.25, -0.2) is 9.78 Å². The van der Waals surface area contributed by atoms with Gasteiger partial charge in [0.25, 0.3) is 0 Å². The van der Waals surface area contributed by atoms with Crippen LogP contribution in [0.15, 0.2) is 18.3 Å². The van der Waals surface area contributed by atoms with Crippen LogP contribution in [0.1, 0.15) is 43.5 Å². The molecule has 5 heteroatoms. The summed E-state index contributed by atoms with van der Waals surface area (Å²) >= 11 is 0. The highest BCUT2D eigenvalue weighted by Gasteiger charge is 2.24. The molecule has 5 nitrogen and oxygen atoms in total. The van der Waals surface area contributed by atoms with Gasteiger partial charge in [-0.15, -0.1) is 0 Å². The molecule has 21 heavy (non-hydrogen) atoms. The van der Waals surface area contributed by atoms with E-state index in [1.165, 1.54) is 0 Å². The Bertz CT molecular complexity index is 489. The van der Waals surface area contributed by atoms with Crippen molar-refractivity contribution in [3.8, 4) is 0 Å². The normalized spacial score (nSPS) is 26.3. The molecule has 0 N–H and O–H groups in total. The van der Waals surface area contributed by atoms with Crippen LogP contribution in [0.2, 0.25) is 0 Å². The predicted molar refractivity (Wildman–Crippen MR) is 79.5 cm³/mol. The minimum absolute atomic E-state index is 0.109. The Morgan fingerprint density at radius 3 is 2.52 bits per heavy atom. The standard InChI is InChI=1S/C16H22N2O3/c1-11-9-18(10-12(2)20-11)15-7-6-13(8-17-15)16(19)21-14-4-3-5-14/h6-8,11-12,14H,3-5,9-10H2,1-2H3/t11-,12-/m1/s1. The van der Waals surface area contributed by atoms with Crippen molar-refractivity contribution in [1.29, 1.82) is 0 Å². The van der Waals surface area contributed by atoms with E-state index in [9.17, 15) is 4.79 Å². The van der Waals surface area contributed by atoms with Gasteiger partial charge in [0.2, 0.25) is 0 Å². The summed E-state index contributed by atoms with van der Waals surface area (Å²) in [5, 5.41) is 0. The number of aromatic nitrogens is 1.